The molecule has 1 saturated heterocycles. The van der Waals surface area contributed by atoms with Gasteiger partial charge in [0.15, 0.2) is 0 Å². The lowest BCUT2D eigenvalue weighted by Gasteiger charge is -2.40. The number of rotatable bonds is 5. The Morgan fingerprint density at radius 3 is 2.90 bits per heavy atom. The zero-order valence-corrected chi connectivity index (χ0v) is 12.9. The molecule has 0 aromatic carbocycles. The summed E-state index contributed by atoms with van der Waals surface area (Å²) in [6, 6.07) is 0. The second kappa shape index (κ2) is 5.62. The first-order valence-electron chi connectivity index (χ1n) is 7.57. The maximum Gasteiger partial charge on any atom is 0.307 e. The van der Waals surface area contributed by atoms with Gasteiger partial charge in [-0.2, -0.15) is 0 Å². The van der Waals surface area contributed by atoms with Gasteiger partial charge in [0.25, 0.3) is 0 Å². The van der Waals surface area contributed by atoms with Crippen LogP contribution < -0.4 is 4.87 Å². The van der Waals surface area contributed by atoms with Crippen LogP contribution >= 0.6 is 11.3 Å². The van der Waals surface area contributed by atoms with Crippen molar-refractivity contribution in [1.82, 2.24) is 4.57 Å². The Kier molecular flexibility index (Phi) is 4.02. The Labute approximate surface area is 123 Å². The fourth-order valence-electron chi connectivity index (χ4n) is 3.39. The molecule has 112 valence electrons. The largest absolute Gasteiger partial charge is 0.396 e. The summed E-state index contributed by atoms with van der Waals surface area (Å²) in [6.07, 6.45) is 5.76. The van der Waals surface area contributed by atoms with Crippen molar-refractivity contribution in [3.8, 4) is 0 Å². The van der Waals surface area contributed by atoms with Crippen molar-refractivity contribution in [3.63, 3.8) is 0 Å². The molecule has 1 N–H and O–H groups in total. The second-order valence-electron chi connectivity index (χ2n) is 6.37. The minimum Gasteiger partial charge on any atom is -0.396 e. The van der Waals surface area contributed by atoms with Crippen LogP contribution in [0.4, 0.5) is 0 Å². The van der Waals surface area contributed by atoms with Crippen molar-refractivity contribution in [3.05, 3.63) is 20.2 Å². The van der Waals surface area contributed by atoms with E-state index in [1.165, 1.54) is 41.2 Å². The molecule has 1 atom stereocenters. The number of aliphatic hydroxyl groups excluding tert-OH is 1. The van der Waals surface area contributed by atoms with Gasteiger partial charge in [0.1, 0.15) is 0 Å². The van der Waals surface area contributed by atoms with Crippen molar-refractivity contribution in [2.24, 2.45) is 11.3 Å². The predicted octanol–water partition coefficient (Wildman–Crippen LogP) is 1.82. The molecule has 5 heteroatoms. The summed E-state index contributed by atoms with van der Waals surface area (Å²) in [4.78, 5) is 13.7. The molecule has 3 rings (SSSR count). The standard InChI is InChI=1S/C15H23NO3S/c1-2-3-11-4-5-12-13(6-11)20-14(18)16(12)7-15(8-17)9-19-10-15/h11,17H,2-10H2,1H3. The predicted molar refractivity (Wildman–Crippen MR) is 79.3 cm³/mol. The molecule has 1 aliphatic heterocycles. The third-order valence-corrected chi connectivity index (χ3v) is 5.73. The number of nitrogens with zero attached hydrogens (tertiary/aromatic N) is 1. The molecule has 2 aliphatic rings. The van der Waals surface area contributed by atoms with Gasteiger partial charge in [-0.1, -0.05) is 31.1 Å². The summed E-state index contributed by atoms with van der Waals surface area (Å²) < 4.78 is 7.16. The van der Waals surface area contributed by atoms with Crippen LogP contribution in [0.2, 0.25) is 0 Å². The van der Waals surface area contributed by atoms with Gasteiger partial charge in [0.2, 0.25) is 0 Å². The number of thiazole rings is 1. The van der Waals surface area contributed by atoms with Gasteiger partial charge in [0.05, 0.1) is 25.2 Å². The quantitative estimate of drug-likeness (QED) is 0.902. The highest BCUT2D eigenvalue weighted by Crippen LogP contribution is 2.33. The molecule has 0 amide bonds. The number of fused-ring (bicyclic) bond motifs is 1. The van der Waals surface area contributed by atoms with Crippen LogP contribution in [0.1, 0.15) is 36.8 Å². The molecule has 0 radical (unpaired) electrons. The zero-order valence-electron chi connectivity index (χ0n) is 12.1. The van der Waals surface area contributed by atoms with Gasteiger partial charge in [-0.05, 0) is 25.2 Å². The Balaban J connectivity index is 1.82. The van der Waals surface area contributed by atoms with Crippen LogP contribution in [-0.4, -0.2) is 29.5 Å². The minimum absolute atomic E-state index is 0.0997. The molecular formula is C15H23NO3S. The molecule has 0 saturated carbocycles. The molecular weight excluding hydrogens is 274 g/mol. The molecule has 0 spiro atoms. The Morgan fingerprint density at radius 2 is 2.30 bits per heavy atom. The van der Waals surface area contributed by atoms with Crippen molar-refractivity contribution in [2.75, 3.05) is 19.8 Å². The Hall–Kier alpha value is -0.650. The number of aliphatic hydroxyl groups is 1. The van der Waals surface area contributed by atoms with Crippen molar-refractivity contribution in [1.29, 1.82) is 0 Å². The monoisotopic (exact) mass is 297 g/mol. The highest BCUT2D eigenvalue weighted by atomic mass is 32.1. The smallest absolute Gasteiger partial charge is 0.307 e. The van der Waals surface area contributed by atoms with Gasteiger partial charge >= 0.3 is 4.87 Å². The highest BCUT2D eigenvalue weighted by molar-refractivity contribution is 7.09. The first-order valence-corrected chi connectivity index (χ1v) is 8.39. The average molecular weight is 297 g/mol. The normalized spacial score (nSPS) is 24.2. The van der Waals surface area contributed by atoms with Crippen LogP contribution in [0, 0.1) is 11.3 Å². The second-order valence-corrected chi connectivity index (χ2v) is 7.42. The molecule has 1 aromatic heterocycles. The summed E-state index contributed by atoms with van der Waals surface area (Å²) in [5.41, 5.74) is 1.01. The summed E-state index contributed by atoms with van der Waals surface area (Å²) in [5, 5.41) is 9.55. The van der Waals surface area contributed by atoms with E-state index >= 15 is 0 Å². The van der Waals surface area contributed by atoms with E-state index in [1.807, 2.05) is 4.57 Å². The molecule has 1 aliphatic carbocycles. The van der Waals surface area contributed by atoms with E-state index in [9.17, 15) is 9.90 Å². The van der Waals surface area contributed by atoms with Gasteiger partial charge in [0, 0.05) is 17.1 Å². The molecule has 1 unspecified atom stereocenters. The Bertz CT molecular complexity index is 524. The molecule has 0 bridgehead atoms. The number of ether oxygens (including phenoxy) is 1. The minimum atomic E-state index is -0.223. The fraction of sp³-hybridized carbons (Fsp3) is 0.800. The molecule has 1 aromatic rings. The summed E-state index contributed by atoms with van der Waals surface area (Å²) in [7, 11) is 0. The Morgan fingerprint density at radius 1 is 1.50 bits per heavy atom. The maximum absolute atomic E-state index is 12.3. The first kappa shape index (κ1) is 14.3. The lowest BCUT2D eigenvalue weighted by atomic mass is 9.85. The molecule has 20 heavy (non-hydrogen) atoms. The van der Waals surface area contributed by atoms with E-state index in [-0.39, 0.29) is 16.9 Å². The van der Waals surface area contributed by atoms with E-state index in [0.29, 0.717) is 19.8 Å². The van der Waals surface area contributed by atoms with Gasteiger partial charge in [-0.25, -0.2) is 0 Å². The number of hydrogen-bond donors (Lipinski definition) is 1. The number of aromatic nitrogens is 1. The topological polar surface area (TPSA) is 51.5 Å². The number of hydrogen-bond acceptors (Lipinski definition) is 4. The van der Waals surface area contributed by atoms with Crippen LogP contribution in [0.3, 0.4) is 0 Å². The molecule has 2 heterocycles. The van der Waals surface area contributed by atoms with Crippen molar-refractivity contribution < 1.29 is 9.84 Å². The SMILES string of the molecule is CCCC1CCc2c(sc(=O)n2CC2(CO)COC2)C1. The van der Waals surface area contributed by atoms with Crippen LogP contribution in [0.5, 0.6) is 0 Å². The van der Waals surface area contributed by atoms with E-state index < -0.39 is 0 Å². The third-order valence-electron chi connectivity index (χ3n) is 4.68. The van der Waals surface area contributed by atoms with Crippen LogP contribution in [0.25, 0.3) is 0 Å². The van der Waals surface area contributed by atoms with Gasteiger partial charge < -0.3 is 14.4 Å². The fourth-order valence-corrected chi connectivity index (χ4v) is 4.54. The van der Waals surface area contributed by atoms with Crippen LogP contribution in [-0.2, 0) is 24.1 Å². The van der Waals surface area contributed by atoms with E-state index in [4.69, 9.17) is 4.74 Å². The third kappa shape index (κ3) is 2.47. The van der Waals surface area contributed by atoms with Crippen molar-refractivity contribution in [2.45, 2.75) is 45.6 Å². The first-order chi connectivity index (χ1) is 9.67. The average Bonchev–Trinajstić information content (AvgIpc) is 2.69. The maximum atomic E-state index is 12.3. The molecule has 1 fully saturated rings. The molecule has 4 nitrogen and oxygen atoms in total. The zero-order chi connectivity index (χ0) is 14.2. The summed E-state index contributed by atoms with van der Waals surface area (Å²) >= 11 is 1.42. The highest BCUT2D eigenvalue weighted by Gasteiger charge is 2.40. The van der Waals surface area contributed by atoms with E-state index in [0.717, 1.165) is 18.8 Å². The van der Waals surface area contributed by atoms with Crippen LogP contribution in [0.15, 0.2) is 4.79 Å². The van der Waals surface area contributed by atoms with E-state index in [1.54, 1.807) is 0 Å². The lowest BCUT2D eigenvalue weighted by molar-refractivity contribution is -0.145. The van der Waals surface area contributed by atoms with Gasteiger partial charge in [-0.3, -0.25) is 4.79 Å². The summed E-state index contributed by atoms with van der Waals surface area (Å²) in [5.74, 6) is 0.748. The van der Waals surface area contributed by atoms with E-state index in [2.05, 4.69) is 6.92 Å². The lowest BCUT2D eigenvalue weighted by Crippen LogP contribution is -2.50. The van der Waals surface area contributed by atoms with Crippen molar-refractivity contribution >= 4 is 11.3 Å². The van der Waals surface area contributed by atoms with Gasteiger partial charge in [-0.15, -0.1) is 0 Å². The summed E-state index contributed by atoms with van der Waals surface area (Å²) in [6.45, 7) is 4.08.